The average Bonchev–Trinajstić information content (AvgIpc) is 3.39. The van der Waals surface area contributed by atoms with Gasteiger partial charge in [0.15, 0.2) is 0 Å². The zero-order chi connectivity index (χ0) is 26.3. The highest BCUT2D eigenvalue weighted by molar-refractivity contribution is 7.89. The van der Waals surface area contributed by atoms with E-state index in [1.165, 1.54) is 11.4 Å². The summed E-state index contributed by atoms with van der Waals surface area (Å²) in [6.07, 6.45) is 2.23. The van der Waals surface area contributed by atoms with Crippen LogP contribution in [0, 0.1) is 35.5 Å². The van der Waals surface area contributed by atoms with Crippen molar-refractivity contribution in [2.45, 2.75) is 38.5 Å². The molecular weight excluding hydrogens is 480 g/mol. The van der Waals surface area contributed by atoms with E-state index in [0.29, 0.717) is 57.4 Å². The van der Waals surface area contributed by atoms with Crippen LogP contribution in [-0.4, -0.2) is 87.7 Å². The highest BCUT2D eigenvalue weighted by Gasteiger charge is 2.56. The van der Waals surface area contributed by atoms with E-state index in [1.807, 2.05) is 25.1 Å². The number of nitrogens with zero attached hydrogens (tertiary/aromatic N) is 4. The summed E-state index contributed by atoms with van der Waals surface area (Å²) in [5.74, 6) is -0.289. The van der Waals surface area contributed by atoms with E-state index in [0.717, 1.165) is 11.1 Å². The van der Waals surface area contributed by atoms with Gasteiger partial charge in [-0.25, -0.2) is 17.5 Å². The molecule has 196 valence electrons. The van der Waals surface area contributed by atoms with Crippen molar-refractivity contribution >= 4 is 22.0 Å². The molecule has 0 bridgehead atoms. The lowest BCUT2D eigenvalue weighted by Crippen LogP contribution is -2.46. The normalized spacial score (nSPS) is 24.2. The van der Waals surface area contributed by atoms with Gasteiger partial charge in [-0.2, -0.15) is 5.26 Å². The van der Waals surface area contributed by atoms with Crippen LogP contribution in [0.2, 0.25) is 0 Å². The third-order valence-electron chi connectivity index (χ3n) is 8.30. The number of carbonyl (C=O) groups is 2. The Morgan fingerprint density at radius 3 is 2.28 bits per heavy atom. The van der Waals surface area contributed by atoms with Crippen LogP contribution >= 0.6 is 0 Å². The maximum absolute atomic E-state index is 13.6. The van der Waals surface area contributed by atoms with Gasteiger partial charge in [0.2, 0.25) is 10.0 Å². The Hall–Kier alpha value is -2.64. The Morgan fingerprint density at radius 2 is 1.78 bits per heavy atom. The molecule has 3 aliphatic rings. The molecule has 2 saturated heterocycles. The van der Waals surface area contributed by atoms with Gasteiger partial charge in [0.25, 0.3) is 0 Å². The molecule has 3 fully saturated rings. The van der Waals surface area contributed by atoms with Gasteiger partial charge in [-0.1, -0.05) is 6.07 Å². The number of methoxy groups -OCH3 is 1. The van der Waals surface area contributed by atoms with Crippen LogP contribution in [0.5, 0.6) is 0 Å². The molecule has 0 unspecified atom stereocenters. The number of hydrogen-bond donors (Lipinski definition) is 0. The smallest absolute Gasteiger partial charge is 0.319 e. The molecule has 0 radical (unpaired) electrons. The number of nitriles is 1. The summed E-state index contributed by atoms with van der Waals surface area (Å²) >= 11 is 0. The number of esters is 1. The van der Waals surface area contributed by atoms with E-state index < -0.39 is 21.4 Å². The van der Waals surface area contributed by atoms with Crippen LogP contribution in [0.4, 0.5) is 4.79 Å². The van der Waals surface area contributed by atoms with E-state index in [-0.39, 0.29) is 29.5 Å². The summed E-state index contributed by atoms with van der Waals surface area (Å²) in [6, 6.07) is 7.78. The van der Waals surface area contributed by atoms with Gasteiger partial charge in [0.05, 0.1) is 29.9 Å². The van der Waals surface area contributed by atoms with Gasteiger partial charge >= 0.3 is 12.0 Å². The second-order valence-corrected chi connectivity index (χ2v) is 12.9. The number of rotatable bonds is 5. The van der Waals surface area contributed by atoms with Gasteiger partial charge < -0.3 is 14.5 Å². The predicted octanol–water partition coefficient (Wildman–Crippen LogP) is 2.56. The summed E-state index contributed by atoms with van der Waals surface area (Å²) < 4.78 is 33.8. The Balaban J connectivity index is 1.43. The molecule has 9 nitrogen and oxygen atoms in total. The molecule has 2 aliphatic heterocycles. The Kier molecular flexibility index (Phi) is 7.35. The fraction of sp³-hybridized carbons (Fsp3) is 0.654. The first-order valence-corrected chi connectivity index (χ1v) is 14.1. The fourth-order valence-corrected chi connectivity index (χ4v) is 8.58. The lowest BCUT2D eigenvalue weighted by Gasteiger charge is -2.35. The molecule has 4 rings (SSSR count). The number of likely N-dealkylation sites (tertiary alicyclic amines) is 1. The number of amides is 2. The highest BCUT2D eigenvalue weighted by Crippen LogP contribution is 2.51. The summed E-state index contributed by atoms with van der Waals surface area (Å²) in [4.78, 5) is 28.7. The van der Waals surface area contributed by atoms with Crippen molar-refractivity contribution in [3.8, 4) is 6.07 Å². The van der Waals surface area contributed by atoms with Crippen molar-refractivity contribution in [1.82, 2.24) is 14.1 Å². The van der Waals surface area contributed by atoms with Gasteiger partial charge in [-0.15, -0.1) is 0 Å². The molecule has 0 aromatic heterocycles. The van der Waals surface area contributed by atoms with Gasteiger partial charge in [0.1, 0.15) is 0 Å². The number of ether oxygens (including phenoxy) is 1. The summed E-state index contributed by atoms with van der Waals surface area (Å²) in [7, 11) is 1.07. The van der Waals surface area contributed by atoms with Crippen molar-refractivity contribution in [1.29, 1.82) is 5.26 Å². The minimum Gasteiger partial charge on any atom is -0.469 e. The van der Waals surface area contributed by atoms with Crippen molar-refractivity contribution in [2.75, 3.05) is 53.1 Å². The highest BCUT2D eigenvalue weighted by atomic mass is 32.2. The maximum atomic E-state index is 13.6. The second-order valence-electron chi connectivity index (χ2n) is 10.9. The zero-order valence-electron chi connectivity index (χ0n) is 21.6. The van der Waals surface area contributed by atoms with Crippen molar-refractivity contribution in [3.63, 3.8) is 0 Å². The molecule has 1 saturated carbocycles. The molecule has 2 atom stereocenters. The predicted molar refractivity (Wildman–Crippen MR) is 135 cm³/mol. The van der Waals surface area contributed by atoms with Crippen LogP contribution in [-0.2, 0) is 19.6 Å². The molecule has 0 spiro atoms. The number of piperidine rings is 1. The fourth-order valence-electron chi connectivity index (χ4n) is 6.58. The first kappa shape index (κ1) is 26.4. The van der Waals surface area contributed by atoms with E-state index >= 15 is 0 Å². The number of benzene rings is 1. The number of carbonyl (C=O) groups excluding carboxylic acids is 2. The zero-order valence-corrected chi connectivity index (χ0v) is 22.4. The number of hydrogen-bond acceptors (Lipinski definition) is 6. The van der Waals surface area contributed by atoms with Gasteiger partial charge in [0, 0.05) is 40.3 Å². The summed E-state index contributed by atoms with van der Waals surface area (Å²) in [5, 5.41) is 9.12. The summed E-state index contributed by atoms with van der Waals surface area (Å²) in [6.45, 7) is 3.87. The van der Waals surface area contributed by atoms with E-state index in [4.69, 9.17) is 10.00 Å². The van der Waals surface area contributed by atoms with Crippen LogP contribution < -0.4 is 0 Å². The molecule has 0 N–H and O–H groups in total. The molecule has 1 aromatic rings. The monoisotopic (exact) mass is 516 g/mol. The molecule has 2 heterocycles. The van der Waals surface area contributed by atoms with Gasteiger partial charge in [-0.05, 0) is 73.6 Å². The van der Waals surface area contributed by atoms with Crippen molar-refractivity contribution in [3.05, 3.63) is 34.9 Å². The lowest BCUT2D eigenvalue weighted by atomic mass is 9.86. The topological polar surface area (TPSA) is 111 Å². The van der Waals surface area contributed by atoms with Crippen LogP contribution in [0.15, 0.2) is 18.2 Å². The standard InChI is InChI=1S/C26H36N4O5S/c1-18-11-19(14-27)5-6-23(18)20-7-9-30(10-8-20)36(33,34)17-26(24(31)35-4)12-21-15-29(16-22(21)13-26)25(32)28(2)3/h5-6,11,20-22H,7-10,12-13,15-17H2,1-4H3/t21-,22-/m1/s1. The summed E-state index contributed by atoms with van der Waals surface area (Å²) in [5.41, 5.74) is 1.77. The number of fused-ring (bicyclic) bond motifs is 1. The number of sulfonamides is 1. The Bertz CT molecular complexity index is 1150. The molecule has 1 aliphatic carbocycles. The molecule has 36 heavy (non-hydrogen) atoms. The van der Waals surface area contributed by atoms with Crippen molar-refractivity contribution in [2.24, 2.45) is 17.3 Å². The Labute approximate surface area is 214 Å². The molecule has 10 heteroatoms. The molecule has 1 aromatic carbocycles. The van der Waals surface area contributed by atoms with Crippen LogP contribution in [0.25, 0.3) is 0 Å². The maximum Gasteiger partial charge on any atom is 0.319 e. The van der Waals surface area contributed by atoms with E-state index in [2.05, 4.69) is 6.07 Å². The van der Waals surface area contributed by atoms with Crippen LogP contribution in [0.3, 0.4) is 0 Å². The molecule has 2 amide bonds. The number of urea groups is 1. The minimum absolute atomic E-state index is 0.0546. The first-order valence-electron chi connectivity index (χ1n) is 12.5. The lowest BCUT2D eigenvalue weighted by molar-refractivity contribution is -0.151. The first-order chi connectivity index (χ1) is 17.0. The third kappa shape index (κ3) is 4.96. The average molecular weight is 517 g/mol. The van der Waals surface area contributed by atoms with Crippen molar-refractivity contribution < 1.29 is 22.7 Å². The third-order valence-corrected chi connectivity index (χ3v) is 10.4. The Morgan fingerprint density at radius 1 is 1.17 bits per heavy atom. The minimum atomic E-state index is -3.68. The quantitative estimate of drug-likeness (QED) is 0.556. The van der Waals surface area contributed by atoms with E-state index in [9.17, 15) is 18.0 Å². The number of aryl methyl sites for hydroxylation is 1. The SMILES string of the molecule is COC(=O)C1(CS(=O)(=O)N2CCC(c3ccc(C#N)cc3C)CC2)C[C@@H]2CN(C(=O)N(C)C)C[C@H]2C1. The van der Waals surface area contributed by atoms with E-state index in [1.54, 1.807) is 23.9 Å². The van der Waals surface area contributed by atoms with Crippen LogP contribution in [0.1, 0.15) is 48.3 Å². The van der Waals surface area contributed by atoms with Gasteiger partial charge in [-0.3, -0.25) is 4.79 Å². The largest absolute Gasteiger partial charge is 0.469 e. The molecular formula is C26H36N4O5S. The second kappa shape index (κ2) is 10.0.